The van der Waals surface area contributed by atoms with Crippen molar-refractivity contribution in [2.24, 2.45) is 0 Å². The number of hydrogen-bond donors (Lipinski definition) is 1. The minimum absolute atomic E-state index is 0.0301. The van der Waals surface area contributed by atoms with Crippen molar-refractivity contribution in [2.45, 2.75) is 45.3 Å². The second kappa shape index (κ2) is 6.75. The first-order valence-corrected chi connectivity index (χ1v) is 7.18. The van der Waals surface area contributed by atoms with Gasteiger partial charge in [-0.2, -0.15) is 0 Å². The second-order valence-corrected chi connectivity index (χ2v) is 5.45. The molecule has 1 aromatic carbocycles. The van der Waals surface area contributed by atoms with Crippen molar-refractivity contribution < 1.29 is 14.3 Å². The third-order valence-corrected chi connectivity index (χ3v) is 3.65. The Balaban J connectivity index is 1.99. The molecule has 0 radical (unpaired) electrons. The van der Waals surface area contributed by atoms with Crippen molar-refractivity contribution in [3.8, 4) is 5.75 Å². The Hall–Kier alpha value is -1.55. The minimum atomic E-state index is -0.282. The summed E-state index contributed by atoms with van der Waals surface area (Å²) in [7, 11) is 1.66. The molecule has 1 saturated heterocycles. The molecule has 0 spiro atoms. The van der Waals surface area contributed by atoms with Gasteiger partial charge < -0.3 is 14.8 Å². The van der Waals surface area contributed by atoms with Crippen LogP contribution >= 0.6 is 0 Å². The van der Waals surface area contributed by atoms with E-state index in [4.69, 9.17) is 9.47 Å². The van der Waals surface area contributed by atoms with Crippen LogP contribution in [0.4, 0.5) is 0 Å². The van der Waals surface area contributed by atoms with Crippen LogP contribution in [0.5, 0.6) is 5.75 Å². The van der Waals surface area contributed by atoms with Crippen LogP contribution in [0, 0.1) is 0 Å². The monoisotopic (exact) mass is 277 g/mol. The maximum Gasteiger partial charge on any atom is 0.249 e. The molecule has 1 amide bonds. The minimum Gasteiger partial charge on any atom is -0.496 e. The third kappa shape index (κ3) is 3.51. The Bertz CT molecular complexity index is 465. The second-order valence-electron chi connectivity index (χ2n) is 5.45. The van der Waals surface area contributed by atoms with Crippen LogP contribution in [-0.4, -0.2) is 25.7 Å². The van der Waals surface area contributed by atoms with E-state index in [-0.39, 0.29) is 12.0 Å². The average Bonchev–Trinajstić information content (AvgIpc) is 2.98. The van der Waals surface area contributed by atoms with Gasteiger partial charge in [-0.15, -0.1) is 0 Å². The maximum absolute atomic E-state index is 11.9. The molecule has 1 heterocycles. The lowest BCUT2D eigenvalue weighted by molar-refractivity contribution is -0.130. The zero-order valence-electron chi connectivity index (χ0n) is 12.4. The Labute approximate surface area is 120 Å². The van der Waals surface area contributed by atoms with Gasteiger partial charge in [0.25, 0.3) is 0 Å². The Morgan fingerprint density at radius 3 is 2.90 bits per heavy atom. The van der Waals surface area contributed by atoms with Crippen molar-refractivity contribution in [1.29, 1.82) is 0 Å². The van der Waals surface area contributed by atoms with E-state index < -0.39 is 0 Å². The number of benzene rings is 1. The first-order chi connectivity index (χ1) is 9.61. The number of hydrogen-bond acceptors (Lipinski definition) is 3. The largest absolute Gasteiger partial charge is 0.496 e. The summed E-state index contributed by atoms with van der Waals surface area (Å²) < 4.78 is 10.8. The molecule has 1 atom stereocenters. The van der Waals surface area contributed by atoms with Gasteiger partial charge in [-0.25, -0.2) is 0 Å². The van der Waals surface area contributed by atoms with E-state index in [0.717, 1.165) is 24.2 Å². The van der Waals surface area contributed by atoms with E-state index in [1.807, 2.05) is 12.1 Å². The Morgan fingerprint density at radius 2 is 2.30 bits per heavy atom. The molecular weight excluding hydrogens is 254 g/mol. The highest BCUT2D eigenvalue weighted by Gasteiger charge is 2.23. The molecule has 1 unspecified atom stereocenters. The molecule has 0 aliphatic carbocycles. The van der Waals surface area contributed by atoms with E-state index >= 15 is 0 Å². The predicted molar refractivity (Wildman–Crippen MR) is 77.9 cm³/mol. The van der Waals surface area contributed by atoms with Crippen molar-refractivity contribution in [3.63, 3.8) is 0 Å². The van der Waals surface area contributed by atoms with Gasteiger partial charge in [-0.1, -0.05) is 26.0 Å². The smallest absolute Gasteiger partial charge is 0.249 e. The van der Waals surface area contributed by atoms with Gasteiger partial charge in [0.15, 0.2) is 0 Å². The van der Waals surface area contributed by atoms with Crippen LogP contribution < -0.4 is 10.1 Å². The number of nitrogens with one attached hydrogen (secondary N) is 1. The molecule has 1 aliphatic rings. The standard InChI is InChI=1S/C16H23NO3/c1-11(2)12-6-7-13(15(9-12)19-3)10-17-16(18)14-5-4-8-20-14/h6-7,9,11,14H,4-5,8,10H2,1-3H3,(H,17,18). The van der Waals surface area contributed by atoms with Crippen LogP contribution in [0.15, 0.2) is 18.2 Å². The van der Waals surface area contributed by atoms with E-state index in [2.05, 4.69) is 25.2 Å². The molecule has 110 valence electrons. The van der Waals surface area contributed by atoms with Gasteiger partial charge in [0.2, 0.25) is 5.91 Å². The number of carbonyl (C=O) groups excluding carboxylic acids is 1. The number of ether oxygens (including phenoxy) is 2. The molecule has 1 fully saturated rings. The molecule has 20 heavy (non-hydrogen) atoms. The van der Waals surface area contributed by atoms with Crippen molar-refractivity contribution in [1.82, 2.24) is 5.32 Å². The lowest BCUT2D eigenvalue weighted by Gasteiger charge is -2.14. The molecule has 1 N–H and O–H groups in total. The molecule has 1 aliphatic heterocycles. The normalized spacial score (nSPS) is 18.3. The van der Waals surface area contributed by atoms with Gasteiger partial charge in [-0.3, -0.25) is 4.79 Å². The summed E-state index contributed by atoms with van der Waals surface area (Å²) in [5.74, 6) is 1.25. The van der Waals surface area contributed by atoms with Crippen LogP contribution in [0.2, 0.25) is 0 Å². The van der Waals surface area contributed by atoms with Gasteiger partial charge >= 0.3 is 0 Å². The predicted octanol–water partition coefficient (Wildman–Crippen LogP) is 2.61. The van der Waals surface area contributed by atoms with E-state index in [9.17, 15) is 4.79 Å². The van der Waals surface area contributed by atoms with Crippen molar-refractivity contribution in [3.05, 3.63) is 29.3 Å². The summed E-state index contributed by atoms with van der Waals surface area (Å²) in [6.45, 7) is 5.45. The summed E-state index contributed by atoms with van der Waals surface area (Å²) in [6, 6.07) is 6.14. The van der Waals surface area contributed by atoms with Crippen LogP contribution in [0.1, 0.15) is 43.7 Å². The number of rotatable bonds is 5. The fraction of sp³-hybridized carbons (Fsp3) is 0.562. The van der Waals surface area contributed by atoms with Gasteiger partial charge in [-0.05, 0) is 30.4 Å². The number of amides is 1. The third-order valence-electron chi connectivity index (χ3n) is 3.65. The van der Waals surface area contributed by atoms with E-state index in [1.165, 1.54) is 5.56 Å². The molecule has 0 aromatic heterocycles. The Morgan fingerprint density at radius 1 is 1.50 bits per heavy atom. The maximum atomic E-state index is 11.9. The van der Waals surface area contributed by atoms with Crippen LogP contribution in [0.3, 0.4) is 0 Å². The quantitative estimate of drug-likeness (QED) is 0.900. The average molecular weight is 277 g/mol. The molecule has 0 bridgehead atoms. The van der Waals surface area contributed by atoms with Gasteiger partial charge in [0.05, 0.1) is 7.11 Å². The topological polar surface area (TPSA) is 47.6 Å². The zero-order chi connectivity index (χ0) is 14.5. The summed E-state index contributed by atoms with van der Waals surface area (Å²) in [6.07, 6.45) is 1.50. The lowest BCUT2D eigenvalue weighted by Crippen LogP contribution is -2.33. The van der Waals surface area contributed by atoms with Crippen molar-refractivity contribution in [2.75, 3.05) is 13.7 Å². The number of carbonyl (C=O) groups is 1. The van der Waals surface area contributed by atoms with E-state index in [0.29, 0.717) is 19.1 Å². The molecular formula is C16H23NO3. The van der Waals surface area contributed by atoms with Crippen molar-refractivity contribution >= 4 is 5.91 Å². The first kappa shape index (κ1) is 14.9. The van der Waals surface area contributed by atoms with E-state index in [1.54, 1.807) is 7.11 Å². The molecule has 0 saturated carbocycles. The summed E-state index contributed by atoms with van der Waals surface area (Å²) in [4.78, 5) is 11.9. The molecule has 4 heteroatoms. The Kier molecular flexibility index (Phi) is 5.01. The summed E-state index contributed by atoms with van der Waals surface area (Å²) >= 11 is 0. The zero-order valence-corrected chi connectivity index (χ0v) is 12.4. The lowest BCUT2D eigenvalue weighted by atomic mass is 10.0. The fourth-order valence-corrected chi connectivity index (χ4v) is 2.35. The molecule has 4 nitrogen and oxygen atoms in total. The van der Waals surface area contributed by atoms with Gasteiger partial charge in [0, 0.05) is 18.7 Å². The first-order valence-electron chi connectivity index (χ1n) is 7.18. The molecule has 2 rings (SSSR count). The van der Waals surface area contributed by atoms with Crippen LogP contribution in [-0.2, 0) is 16.1 Å². The summed E-state index contributed by atoms with van der Waals surface area (Å²) in [5, 5.41) is 2.92. The fourth-order valence-electron chi connectivity index (χ4n) is 2.35. The van der Waals surface area contributed by atoms with Crippen LogP contribution in [0.25, 0.3) is 0 Å². The van der Waals surface area contributed by atoms with Gasteiger partial charge in [0.1, 0.15) is 11.9 Å². The highest BCUT2D eigenvalue weighted by molar-refractivity contribution is 5.81. The SMILES string of the molecule is COc1cc(C(C)C)ccc1CNC(=O)C1CCCO1. The molecule has 1 aromatic rings. The highest BCUT2D eigenvalue weighted by atomic mass is 16.5. The highest BCUT2D eigenvalue weighted by Crippen LogP contribution is 2.24. The summed E-state index contributed by atoms with van der Waals surface area (Å²) in [5.41, 5.74) is 2.22. The number of methoxy groups -OCH3 is 1.